The molecule has 0 spiro atoms. The predicted octanol–water partition coefficient (Wildman–Crippen LogP) is 2.56. The second kappa shape index (κ2) is 4.57. The minimum Gasteiger partial charge on any atom is -0.317 e. The van der Waals surface area contributed by atoms with Crippen molar-refractivity contribution in [1.29, 1.82) is 0 Å². The van der Waals surface area contributed by atoms with Gasteiger partial charge in [-0.15, -0.1) is 0 Å². The molecule has 6 heteroatoms. The largest absolute Gasteiger partial charge is 0.317 e. The summed E-state index contributed by atoms with van der Waals surface area (Å²) in [6.07, 6.45) is 0.731. The first-order valence-electron chi connectivity index (χ1n) is 4.61. The van der Waals surface area contributed by atoms with E-state index in [2.05, 4.69) is 0 Å². The monoisotopic (exact) mass is 274 g/mol. The van der Waals surface area contributed by atoms with Crippen LogP contribution in [0.2, 0.25) is 10.0 Å². The van der Waals surface area contributed by atoms with Crippen molar-refractivity contribution in [1.82, 2.24) is 4.90 Å². The van der Waals surface area contributed by atoms with Crippen LogP contribution in [0, 0.1) is 0 Å². The van der Waals surface area contributed by atoms with E-state index < -0.39 is 0 Å². The van der Waals surface area contributed by atoms with Gasteiger partial charge < -0.3 is 4.90 Å². The lowest BCUT2D eigenvalue weighted by atomic mass is 10.3. The fourth-order valence-corrected chi connectivity index (χ4v) is 2.43. The number of amides is 1. The molecular weight excluding hydrogens is 267 g/mol. The van der Waals surface area contributed by atoms with Gasteiger partial charge in [0.05, 0.1) is 0 Å². The highest BCUT2D eigenvalue weighted by Crippen LogP contribution is 2.27. The summed E-state index contributed by atoms with van der Waals surface area (Å²) in [5.74, 6) is 0. The zero-order valence-corrected chi connectivity index (χ0v) is 10.5. The molecule has 0 aliphatic carbocycles. The van der Waals surface area contributed by atoms with Crippen LogP contribution in [-0.4, -0.2) is 29.5 Å². The lowest BCUT2D eigenvalue weighted by Crippen LogP contribution is -2.30. The van der Waals surface area contributed by atoms with E-state index in [0.29, 0.717) is 28.2 Å². The van der Waals surface area contributed by atoms with E-state index >= 15 is 0 Å². The third-order valence-electron chi connectivity index (χ3n) is 2.33. The van der Waals surface area contributed by atoms with Crippen LogP contribution in [0.1, 0.15) is 0 Å². The molecule has 0 bridgehead atoms. The Balaban J connectivity index is 2.32. The van der Waals surface area contributed by atoms with Crippen molar-refractivity contribution in [3.05, 3.63) is 28.2 Å². The average Bonchev–Trinajstić information content (AvgIpc) is 2.58. The third kappa shape index (κ3) is 2.14. The standard InChI is InChI=1S/C10H8Cl2N2OS/c11-7-3-8(12)5-9(4-7)14-2-1-13(6-15)10(14)16/h3-6H,1-2H2. The van der Waals surface area contributed by atoms with Gasteiger partial charge in [-0.1, -0.05) is 23.2 Å². The first kappa shape index (κ1) is 11.6. The van der Waals surface area contributed by atoms with Gasteiger partial charge in [0.25, 0.3) is 0 Å². The van der Waals surface area contributed by atoms with Gasteiger partial charge in [-0.2, -0.15) is 0 Å². The highest BCUT2D eigenvalue weighted by molar-refractivity contribution is 7.80. The second-order valence-electron chi connectivity index (χ2n) is 3.36. The molecule has 0 saturated carbocycles. The molecule has 2 rings (SSSR count). The number of nitrogens with zero attached hydrogens (tertiary/aromatic N) is 2. The molecule has 1 heterocycles. The number of rotatable bonds is 2. The molecular formula is C10H8Cl2N2OS. The molecule has 1 amide bonds. The summed E-state index contributed by atoms with van der Waals surface area (Å²) in [6, 6.07) is 5.20. The van der Waals surface area contributed by atoms with E-state index in [1.807, 2.05) is 4.90 Å². The Morgan fingerprint density at radius 1 is 1.19 bits per heavy atom. The van der Waals surface area contributed by atoms with Gasteiger partial charge in [-0.3, -0.25) is 9.69 Å². The molecule has 3 nitrogen and oxygen atoms in total. The molecule has 0 aromatic heterocycles. The van der Waals surface area contributed by atoms with Crippen LogP contribution in [-0.2, 0) is 4.79 Å². The van der Waals surface area contributed by atoms with Gasteiger partial charge >= 0.3 is 0 Å². The van der Waals surface area contributed by atoms with Gasteiger partial charge in [0.15, 0.2) is 5.11 Å². The van der Waals surface area contributed by atoms with Crippen LogP contribution in [0.5, 0.6) is 0 Å². The molecule has 1 aromatic carbocycles. The van der Waals surface area contributed by atoms with Gasteiger partial charge in [-0.05, 0) is 30.4 Å². The van der Waals surface area contributed by atoms with Gasteiger partial charge in [0.2, 0.25) is 6.41 Å². The maximum Gasteiger partial charge on any atom is 0.215 e. The summed E-state index contributed by atoms with van der Waals surface area (Å²) in [5.41, 5.74) is 0.812. The predicted molar refractivity (Wildman–Crippen MR) is 69.2 cm³/mol. The van der Waals surface area contributed by atoms with Crippen molar-refractivity contribution in [2.24, 2.45) is 0 Å². The Labute approximate surface area is 109 Å². The second-order valence-corrected chi connectivity index (χ2v) is 4.60. The summed E-state index contributed by atoms with van der Waals surface area (Å²) in [4.78, 5) is 14.0. The molecule has 0 unspecified atom stereocenters. The van der Waals surface area contributed by atoms with E-state index in [0.717, 1.165) is 12.1 Å². The minimum atomic E-state index is 0.480. The zero-order valence-electron chi connectivity index (χ0n) is 8.19. The molecule has 1 fully saturated rings. The SMILES string of the molecule is O=CN1CCN(c2cc(Cl)cc(Cl)c2)C1=S. The number of carbonyl (C=O) groups is 1. The maximum atomic E-state index is 10.7. The molecule has 0 N–H and O–H groups in total. The van der Waals surface area contributed by atoms with Crippen LogP contribution in [0.4, 0.5) is 5.69 Å². The fourth-order valence-electron chi connectivity index (χ4n) is 1.59. The zero-order chi connectivity index (χ0) is 11.7. The number of halogens is 2. The lowest BCUT2D eigenvalue weighted by molar-refractivity contribution is -0.114. The number of hydrogen-bond acceptors (Lipinski definition) is 2. The molecule has 1 saturated heterocycles. The van der Waals surface area contributed by atoms with Crippen molar-refractivity contribution in [3.63, 3.8) is 0 Å². The van der Waals surface area contributed by atoms with Crippen LogP contribution >= 0.6 is 35.4 Å². The number of hydrogen-bond donors (Lipinski definition) is 0. The number of thiocarbonyl (C=S) groups is 1. The number of carbonyl (C=O) groups excluding carboxylic acids is 1. The van der Waals surface area contributed by atoms with Crippen LogP contribution in [0.25, 0.3) is 0 Å². The highest BCUT2D eigenvalue weighted by Gasteiger charge is 2.25. The first-order valence-corrected chi connectivity index (χ1v) is 5.78. The van der Waals surface area contributed by atoms with E-state index in [1.54, 1.807) is 18.2 Å². The van der Waals surface area contributed by atoms with Crippen molar-refractivity contribution in [2.45, 2.75) is 0 Å². The topological polar surface area (TPSA) is 23.6 Å². The molecule has 16 heavy (non-hydrogen) atoms. The molecule has 1 aromatic rings. The summed E-state index contributed by atoms with van der Waals surface area (Å²) < 4.78 is 0. The summed E-state index contributed by atoms with van der Waals surface area (Å²) >= 11 is 17.0. The summed E-state index contributed by atoms with van der Waals surface area (Å²) in [6.45, 7) is 1.25. The summed E-state index contributed by atoms with van der Waals surface area (Å²) in [7, 11) is 0. The maximum absolute atomic E-state index is 10.7. The Hall–Kier alpha value is -0.840. The Morgan fingerprint density at radius 2 is 1.81 bits per heavy atom. The first-order chi connectivity index (χ1) is 7.61. The van der Waals surface area contributed by atoms with Crippen LogP contribution in [0.3, 0.4) is 0 Å². The highest BCUT2D eigenvalue weighted by atomic mass is 35.5. The Bertz CT molecular complexity index is 432. The van der Waals surface area contributed by atoms with E-state index in [1.165, 1.54) is 4.90 Å². The normalized spacial score (nSPS) is 15.8. The van der Waals surface area contributed by atoms with Crippen molar-refractivity contribution in [2.75, 3.05) is 18.0 Å². The molecule has 1 aliphatic heterocycles. The Kier molecular flexibility index (Phi) is 3.33. The van der Waals surface area contributed by atoms with Crippen molar-refractivity contribution >= 4 is 52.6 Å². The third-order valence-corrected chi connectivity index (χ3v) is 3.22. The molecule has 1 aliphatic rings. The molecule has 84 valence electrons. The lowest BCUT2D eigenvalue weighted by Gasteiger charge is -2.18. The number of benzene rings is 1. The quantitative estimate of drug-likeness (QED) is 0.612. The van der Waals surface area contributed by atoms with Crippen molar-refractivity contribution < 1.29 is 4.79 Å². The van der Waals surface area contributed by atoms with E-state index in [9.17, 15) is 4.79 Å². The number of anilines is 1. The Morgan fingerprint density at radius 3 is 2.31 bits per heavy atom. The van der Waals surface area contributed by atoms with Gasteiger partial charge in [0.1, 0.15) is 0 Å². The van der Waals surface area contributed by atoms with Crippen LogP contribution in [0.15, 0.2) is 18.2 Å². The van der Waals surface area contributed by atoms with Gasteiger partial charge in [0, 0.05) is 28.8 Å². The molecule has 0 radical (unpaired) electrons. The van der Waals surface area contributed by atoms with Gasteiger partial charge in [-0.25, -0.2) is 0 Å². The van der Waals surface area contributed by atoms with E-state index in [4.69, 9.17) is 35.4 Å². The van der Waals surface area contributed by atoms with Crippen molar-refractivity contribution in [3.8, 4) is 0 Å². The fraction of sp³-hybridized carbons (Fsp3) is 0.200. The average molecular weight is 275 g/mol. The minimum absolute atomic E-state index is 0.480. The molecule has 0 atom stereocenters. The summed E-state index contributed by atoms with van der Waals surface area (Å²) in [5, 5.41) is 1.58. The smallest absolute Gasteiger partial charge is 0.215 e. The van der Waals surface area contributed by atoms with Crippen LogP contribution < -0.4 is 4.90 Å². The van der Waals surface area contributed by atoms with E-state index in [-0.39, 0.29) is 0 Å².